The van der Waals surface area contributed by atoms with Gasteiger partial charge < -0.3 is 19.7 Å². The van der Waals surface area contributed by atoms with E-state index >= 15 is 0 Å². The fourth-order valence-electron chi connectivity index (χ4n) is 2.75. The predicted octanol–water partition coefficient (Wildman–Crippen LogP) is 1.73. The number of anilines is 2. The second kappa shape index (κ2) is 5.67. The van der Waals surface area contributed by atoms with Crippen molar-refractivity contribution < 1.29 is 23.9 Å². The van der Waals surface area contributed by atoms with Crippen LogP contribution in [-0.4, -0.2) is 30.2 Å². The molecular weight excluding hydrogens is 312 g/mol. The number of hydrogen-bond donors (Lipinski definition) is 1. The van der Waals surface area contributed by atoms with Crippen molar-refractivity contribution in [3.05, 3.63) is 35.5 Å². The van der Waals surface area contributed by atoms with Gasteiger partial charge in [-0.1, -0.05) is 0 Å². The van der Waals surface area contributed by atoms with Gasteiger partial charge in [-0.2, -0.15) is 0 Å². The molecule has 0 spiro atoms. The summed E-state index contributed by atoms with van der Waals surface area (Å²) in [5.74, 6) is -2.68. The van der Waals surface area contributed by atoms with Gasteiger partial charge in [-0.15, -0.1) is 0 Å². The normalized spacial score (nSPS) is 18.9. The van der Waals surface area contributed by atoms with Gasteiger partial charge in [-0.3, -0.25) is 4.79 Å². The van der Waals surface area contributed by atoms with Crippen LogP contribution in [0.2, 0.25) is 0 Å². The van der Waals surface area contributed by atoms with E-state index in [4.69, 9.17) is 9.47 Å². The van der Waals surface area contributed by atoms with Gasteiger partial charge in [0.2, 0.25) is 5.91 Å². The quantitative estimate of drug-likeness (QED) is 0.516. The third kappa shape index (κ3) is 2.84. The van der Waals surface area contributed by atoms with Crippen molar-refractivity contribution in [1.29, 1.82) is 0 Å². The highest BCUT2D eigenvalue weighted by Crippen LogP contribution is 2.31. The molecule has 1 N–H and O–H groups in total. The van der Waals surface area contributed by atoms with Gasteiger partial charge in [0, 0.05) is 38.0 Å². The summed E-state index contributed by atoms with van der Waals surface area (Å²) < 4.78 is 10.0. The summed E-state index contributed by atoms with van der Waals surface area (Å²) in [6.45, 7) is 5.52. The molecule has 0 aromatic heterocycles. The number of nitrogens with zero attached hydrogens (tertiary/aromatic N) is 1. The molecule has 126 valence electrons. The Balaban J connectivity index is 1.79. The molecule has 1 aromatic rings. The van der Waals surface area contributed by atoms with Crippen molar-refractivity contribution in [1.82, 2.24) is 0 Å². The highest BCUT2D eigenvalue weighted by Gasteiger charge is 2.39. The molecule has 1 saturated heterocycles. The van der Waals surface area contributed by atoms with E-state index in [1.165, 1.54) is 20.0 Å². The first kappa shape index (κ1) is 16.0. The number of esters is 2. The number of nitrogens with one attached hydrogen (secondary N) is 1. The first-order valence-electron chi connectivity index (χ1n) is 7.67. The van der Waals surface area contributed by atoms with Crippen LogP contribution in [-0.2, 0) is 30.3 Å². The van der Waals surface area contributed by atoms with Crippen molar-refractivity contribution in [3.8, 4) is 0 Å². The fourth-order valence-corrected chi connectivity index (χ4v) is 2.75. The van der Waals surface area contributed by atoms with Crippen LogP contribution in [0.25, 0.3) is 0 Å². The fraction of sp³-hybridized carbons (Fsp3) is 0.353. The first-order chi connectivity index (χ1) is 11.3. The summed E-state index contributed by atoms with van der Waals surface area (Å²) >= 11 is 0. The molecule has 0 bridgehead atoms. The first-order valence-corrected chi connectivity index (χ1v) is 7.67. The minimum Gasteiger partial charge on any atom is -0.419 e. The monoisotopic (exact) mass is 330 g/mol. The van der Waals surface area contributed by atoms with Gasteiger partial charge >= 0.3 is 11.9 Å². The maximum absolute atomic E-state index is 11.9. The Morgan fingerprint density at radius 3 is 2.50 bits per heavy atom. The number of hydrogen-bond acceptors (Lipinski definition) is 6. The second-order valence-corrected chi connectivity index (χ2v) is 6.04. The van der Waals surface area contributed by atoms with Gasteiger partial charge in [-0.05, 0) is 30.7 Å². The van der Waals surface area contributed by atoms with E-state index < -0.39 is 17.7 Å². The lowest BCUT2D eigenvalue weighted by Gasteiger charge is -2.29. The van der Waals surface area contributed by atoms with Crippen molar-refractivity contribution in [2.45, 2.75) is 33.0 Å². The second-order valence-electron chi connectivity index (χ2n) is 6.04. The van der Waals surface area contributed by atoms with Crippen molar-refractivity contribution in [2.24, 2.45) is 0 Å². The Kier molecular flexibility index (Phi) is 3.79. The highest BCUT2D eigenvalue weighted by atomic mass is 16.7. The Labute approximate surface area is 139 Å². The number of cyclic esters (lactones) is 2. The largest absolute Gasteiger partial charge is 0.419 e. The topological polar surface area (TPSA) is 84.9 Å². The third-order valence-electron chi connectivity index (χ3n) is 3.83. The highest BCUT2D eigenvalue weighted by molar-refractivity contribution is 6.15. The maximum Gasteiger partial charge on any atom is 0.350 e. The Morgan fingerprint density at radius 1 is 1.21 bits per heavy atom. The average molecular weight is 330 g/mol. The van der Waals surface area contributed by atoms with E-state index in [1.54, 1.807) is 11.0 Å². The molecule has 7 nitrogen and oxygen atoms in total. The summed E-state index contributed by atoms with van der Waals surface area (Å²) in [5.41, 5.74) is 2.25. The van der Waals surface area contributed by atoms with Crippen LogP contribution >= 0.6 is 0 Å². The number of benzene rings is 1. The molecule has 1 aromatic carbocycles. The van der Waals surface area contributed by atoms with Crippen molar-refractivity contribution in [3.63, 3.8) is 0 Å². The molecule has 1 amide bonds. The molecule has 3 rings (SSSR count). The van der Waals surface area contributed by atoms with Crippen molar-refractivity contribution >= 4 is 29.2 Å². The molecule has 0 atom stereocenters. The molecule has 1 fully saturated rings. The van der Waals surface area contributed by atoms with Crippen LogP contribution < -0.4 is 10.2 Å². The molecule has 2 heterocycles. The van der Waals surface area contributed by atoms with E-state index in [0.717, 1.165) is 11.3 Å². The zero-order valence-corrected chi connectivity index (χ0v) is 13.7. The number of carbonyl (C=O) groups excluding carboxylic acids is 3. The molecule has 24 heavy (non-hydrogen) atoms. The SMILES string of the molecule is CCN1C(=O)Cc2cc(NC=C3C(=O)OC(C)(C)OC3=O)ccc21. The van der Waals surface area contributed by atoms with Gasteiger partial charge in [-0.25, -0.2) is 9.59 Å². The maximum atomic E-state index is 11.9. The molecular formula is C17H18N2O5. The zero-order chi connectivity index (χ0) is 17.5. The Hall–Kier alpha value is -2.83. The molecule has 0 aliphatic carbocycles. The number of amides is 1. The molecule has 2 aliphatic heterocycles. The number of ether oxygens (including phenoxy) is 2. The molecule has 2 aliphatic rings. The van der Waals surface area contributed by atoms with E-state index in [-0.39, 0.29) is 11.5 Å². The van der Waals surface area contributed by atoms with Gasteiger partial charge in [0.1, 0.15) is 0 Å². The summed E-state index contributed by atoms with van der Waals surface area (Å²) in [6.07, 6.45) is 1.60. The Morgan fingerprint density at radius 2 is 1.88 bits per heavy atom. The molecule has 0 unspecified atom stereocenters. The van der Waals surface area contributed by atoms with E-state index in [0.29, 0.717) is 18.7 Å². The number of carbonyl (C=O) groups is 3. The molecule has 7 heteroatoms. The van der Waals surface area contributed by atoms with Crippen LogP contribution in [0.15, 0.2) is 30.0 Å². The lowest BCUT2D eigenvalue weighted by molar-refractivity contribution is -0.222. The third-order valence-corrected chi connectivity index (χ3v) is 3.83. The van der Waals surface area contributed by atoms with Gasteiger partial charge in [0.05, 0.1) is 6.42 Å². The minimum absolute atomic E-state index is 0.0599. The van der Waals surface area contributed by atoms with Gasteiger partial charge in [0.25, 0.3) is 5.79 Å². The lowest BCUT2D eigenvalue weighted by Crippen LogP contribution is -2.42. The van der Waals surface area contributed by atoms with Crippen molar-refractivity contribution in [2.75, 3.05) is 16.8 Å². The summed E-state index contributed by atoms with van der Waals surface area (Å²) in [4.78, 5) is 37.4. The van der Waals surface area contributed by atoms with E-state index in [1.807, 2.05) is 19.1 Å². The minimum atomic E-state index is -1.26. The van der Waals surface area contributed by atoms with Crippen LogP contribution in [0.4, 0.5) is 11.4 Å². The summed E-state index contributed by atoms with van der Waals surface area (Å²) in [7, 11) is 0. The average Bonchev–Trinajstić information content (AvgIpc) is 2.79. The van der Waals surface area contributed by atoms with Crippen LogP contribution in [0.5, 0.6) is 0 Å². The summed E-state index contributed by atoms with van der Waals surface area (Å²) in [5, 5.41) is 2.89. The van der Waals surface area contributed by atoms with Crippen LogP contribution in [0.3, 0.4) is 0 Å². The van der Waals surface area contributed by atoms with E-state index in [2.05, 4.69) is 5.32 Å². The van der Waals surface area contributed by atoms with Crippen LogP contribution in [0, 0.1) is 0 Å². The Bertz CT molecular complexity index is 744. The van der Waals surface area contributed by atoms with Gasteiger partial charge in [0.15, 0.2) is 5.57 Å². The molecule has 0 saturated carbocycles. The summed E-state index contributed by atoms with van der Waals surface area (Å²) in [6, 6.07) is 5.44. The molecule has 0 radical (unpaired) electrons. The van der Waals surface area contributed by atoms with E-state index in [9.17, 15) is 14.4 Å². The number of fused-ring (bicyclic) bond motifs is 1. The smallest absolute Gasteiger partial charge is 0.350 e. The zero-order valence-electron chi connectivity index (χ0n) is 13.7. The lowest BCUT2D eigenvalue weighted by atomic mass is 10.1. The predicted molar refractivity (Wildman–Crippen MR) is 86.1 cm³/mol. The van der Waals surface area contributed by atoms with Crippen LogP contribution in [0.1, 0.15) is 26.3 Å². The number of rotatable bonds is 3. The number of likely N-dealkylation sites (N-methyl/N-ethyl adjacent to an activating group) is 1. The standard InChI is InChI=1S/C17H18N2O5/c1-4-19-13-6-5-11(7-10(13)8-14(19)20)18-9-12-15(21)23-17(2,3)24-16(12)22/h5-7,9,18H,4,8H2,1-3H3.